The molecule has 0 fully saturated rings. The summed E-state index contributed by atoms with van der Waals surface area (Å²) in [5.41, 5.74) is 1.43. The molecule has 0 aliphatic heterocycles. The van der Waals surface area contributed by atoms with Gasteiger partial charge in [0.05, 0.1) is 26.8 Å². The molecule has 0 spiro atoms. The van der Waals surface area contributed by atoms with Crippen LogP contribution >= 0.6 is 0 Å². The van der Waals surface area contributed by atoms with Crippen LogP contribution in [0.15, 0.2) is 41.2 Å². The Morgan fingerprint density at radius 3 is 2.31 bits per heavy atom. The number of ether oxygens (including phenoxy) is 3. The summed E-state index contributed by atoms with van der Waals surface area (Å²) in [6.07, 6.45) is 0. The first-order chi connectivity index (χ1) is 12.6. The van der Waals surface area contributed by atoms with Gasteiger partial charge in [-0.1, -0.05) is 0 Å². The summed E-state index contributed by atoms with van der Waals surface area (Å²) in [5.74, 6) is 2.25. The average molecular weight is 352 g/mol. The molecule has 0 unspecified atom stereocenters. The van der Waals surface area contributed by atoms with E-state index in [1.807, 2.05) is 24.3 Å². The first-order valence-electron chi connectivity index (χ1n) is 7.84. The Balaban J connectivity index is 1.97. The van der Waals surface area contributed by atoms with Crippen molar-refractivity contribution in [3.8, 4) is 28.6 Å². The lowest BCUT2D eigenvalue weighted by Gasteiger charge is -2.09. The molecule has 0 bridgehead atoms. The monoisotopic (exact) mass is 352 g/mol. The van der Waals surface area contributed by atoms with Crippen molar-refractivity contribution in [2.45, 2.75) is 0 Å². The van der Waals surface area contributed by atoms with Crippen molar-refractivity contribution in [1.82, 2.24) is 19.6 Å². The molecular formula is C18H16N4O4. The summed E-state index contributed by atoms with van der Waals surface area (Å²) in [7, 11) is 4.70. The number of hydrogen-bond acceptors (Lipinski definition) is 6. The molecule has 4 aromatic rings. The minimum atomic E-state index is -0.382. The molecule has 0 radical (unpaired) electrons. The molecule has 2 aromatic heterocycles. The second-order valence-corrected chi connectivity index (χ2v) is 5.58. The molecule has 8 heteroatoms. The lowest BCUT2D eigenvalue weighted by molar-refractivity contribution is 0.356. The maximum absolute atomic E-state index is 12.4. The number of aromatic amines is 1. The van der Waals surface area contributed by atoms with E-state index in [1.54, 1.807) is 33.5 Å². The van der Waals surface area contributed by atoms with Gasteiger partial charge in [0, 0.05) is 17.0 Å². The largest absolute Gasteiger partial charge is 0.497 e. The summed E-state index contributed by atoms with van der Waals surface area (Å²) >= 11 is 0. The quantitative estimate of drug-likeness (QED) is 0.606. The van der Waals surface area contributed by atoms with Gasteiger partial charge >= 0.3 is 5.69 Å². The fourth-order valence-electron chi connectivity index (χ4n) is 2.83. The second-order valence-electron chi connectivity index (χ2n) is 5.58. The highest BCUT2D eigenvalue weighted by atomic mass is 16.5. The number of aromatic nitrogens is 4. The summed E-state index contributed by atoms with van der Waals surface area (Å²) in [6.45, 7) is 0. The van der Waals surface area contributed by atoms with Crippen molar-refractivity contribution in [1.29, 1.82) is 0 Å². The zero-order valence-electron chi connectivity index (χ0n) is 14.4. The van der Waals surface area contributed by atoms with Crippen LogP contribution in [0, 0.1) is 0 Å². The maximum Gasteiger partial charge on any atom is 0.348 e. The molecule has 2 heterocycles. The van der Waals surface area contributed by atoms with Crippen LogP contribution in [0.25, 0.3) is 27.9 Å². The van der Waals surface area contributed by atoms with Gasteiger partial charge in [-0.3, -0.25) is 0 Å². The molecule has 2 aromatic carbocycles. The van der Waals surface area contributed by atoms with Crippen LogP contribution in [0.4, 0.5) is 0 Å². The van der Waals surface area contributed by atoms with E-state index in [4.69, 9.17) is 14.2 Å². The molecule has 0 amide bonds. The van der Waals surface area contributed by atoms with E-state index in [-0.39, 0.29) is 5.69 Å². The van der Waals surface area contributed by atoms with E-state index in [0.717, 1.165) is 11.3 Å². The van der Waals surface area contributed by atoms with Gasteiger partial charge in [0.1, 0.15) is 5.75 Å². The summed E-state index contributed by atoms with van der Waals surface area (Å²) < 4.78 is 17.0. The minimum Gasteiger partial charge on any atom is -0.497 e. The van der Waals surface area contributed by atoms with E-state index < -0.39 is 0 Å². The fourth-order valence-corrected chi connectivity index (χ4v) is 2.83. The van der Waals surface area contributed by atoms with Crippen LogP contribution in [-0.2, 0) is 0 Å². The zero-order chi connectivity index (χ0) is 18.3. The highest BCUT2D eigenvalue weighted by Gasteiger charge is 2.15. The van der Waals surface area contributed by atoms with Crippen LogP contribution in [0.5, 0.6) is 17.2 Å². The van der Waals surface area contributed by atoms with E-state index in [0.29, 0.717) is 33.9 Å². The van der Waals surface area contributed by atoms with Crippen LogP contribution in [0.1, 0.15) is 0 Å². The summed E-state index contributed by atoms with van der Waals surface area (Å²) in [4.78, 5) is 19.7. The highest BCUT2D eigenvalue weighted by Crippen LogP contribution is 2.32. The predicted octanol–water partition coefficient (Wildman–Crippen LogP) is 2.26. The maximum atomic E-state index is 12.4. The predicted molar refractivity (Wildman–Crippen MR) is 96.2 cm³/mol. The van der Waals surface area contributed by atoms with Gasteiger partial charge in [0.15, 0.2) is 23.0 Å². The number of nitrogens with one attached hydrogen (secondary N) is 1. The lowest BCUT2D eigenvalue weighted by Crippen LogP contribution is -2.17. The van der Waals surface area contributed by atoms with Crippen molar-refractivity contribution in [2.75, 3.05) is 21.3 Å². The number of nitrogens with zero attached hydrogens (tertiary/aromatic N) is 3. The molecule has 26 heavy (non-hydrogen) atoms. The summed E-state index contributed by atoms with van der Waals surface area (Å²) in [5, 5.41) is 5.04. The van der Waals surface area contributed by atoms with E-state index in [9.17, 15) is 4.79 Å². The van der Waals surface area contributed by atoms with Gasteiger partial charge in [-0.15, -0.1) is 5.10 Å². The van der Waals surface area contributed by atoms with Gasteiger partial charge in [-0.05, 0) is 30.3 Å². The topological polar surface area (TPSA) is 90.7 Å². The Morgan fingerprint density at radius 1 is 0.962 bits per heavy atom. The van der Waals surface area contributed by atoms with Crippen molar-refractivity contribution < 1.29 is 14.2 Å². The average Bonchev–Trinajstić information content (AvgIpc) is 3.13. The van der Waals surface area contributed by atoms with Crippen LogP contribution < -0.4 is 19.9 Å². The van der Waals surface area contributed by atoms with Crippen molar-refractivity contribution in [2.24, 2.45) is 0 Å². The molecule has 0 aliphatic rings. The molecule has 8 nitrogen and oxygen atoms in total. The van der Waals surface area contributed by atoms with E-state index >= 15 is 0 Å². The standard InChI is InChI=1S/C18H16N4O4/c1-24-11-6-4-10(5-7-11)16-20-17-12-8-14(25-2)15(26-3)9-13(12)19-18(23)22(17)21-16/h4-9H,1-3H3,(H,19,23). The molecule has 0 aliphatic carbocycles. The molecule has 0 atom stereocenters. The first kappa shape index (κ1) is 15.9. The molecule has 1 N–H and O–H groups in total. The molecule has 132 valence electrons. The number of H-pyrrole nitrogens is 1. The minimum absolute atomic E-state index is 0.382. The molecular weight excluding hydrogens is 336 g/mol. The zero-order valence-corrected chi connectivity index (χ0v) is 14.4. The Morgan fingerprint density at radius 2 is 1.65 bits per heavy atom. The van der Waals surface area contributed by atoms with Gasteiger partial charge in [0.25, 0.3) is 0 Å². The number of rotatable bonds is 4. The normalized spacial score (nSPS) is 11.0. The number of fused-ring (bicyclic) bond motifs is 3. The van der Waals surface area contributed by atoms with E-state index in [2.05, 4.69) is 15.1 Å². The molecule has 4 rings (SSSR count). The third-order valence-electron chi connectivity index (χ3n) is 4.15. The number of benzene rings is 2. The van der Waals surface area contributed by atoms with Gasteiger partial charge in [0.2, 0.25) is 0 Å². The third kappa shape index (κ3) is 2.43. The Hall–Kier alpha value is -3.55. The Bertz CT molecular complexity index is 1160. The smallest absolute Gasteiger partial charge is 0.348 e. The summed E-state index contributed by atoms with van der Waals surface area (Å²) in [6, 6.07) is 10.8. The van der Waals surface area contributed by atoms with Gasteiger partial charge in [-0.25, -0.2) is 9.78 Å². The fraction of sp³-hybridized carbons (Fsp3) is 0.167. The Kier molecular flexibility index (Phi) is 3.72. The van der Waals surface area contributed by atoms with Crippen molar-refractivity contribution >= 4 is 16.6 Å². The number of methoxy groups -OCH3 is 3. The van der Waals surface area contributed by atoms with Gasteiger partial charge < -0.3 is 19.2 Å². The Labute approximate surface area is 148 Å². The first-order valence-corrected chi connectivity index (χ1v) is 7.84. The van der Waals surface area contributed by atoms with Crippen LogP contribution in [0.2, 0.25) is 0 Å². The molecule has 0 saturated carbocycles. The third-order valence-corrected chi connectivity index (χ3v) is 4.15. The second kappa shape index (κ2) is 6.07. The van der Waals surface area contributed by atoms with Crippen molar-refractivity contribution in [3.63, 3.8) is 0 Å². The SMILES string of the molecule is COc1ccc(-c2nc3c4cc(OC)c(OC)cc4[nH]c(=O)n3n2)cc1. The molecule has 0 saturated heterocycles. The van der Waals surface area contributed by atoms with E-state index in [1.165, 1.54) is 4.52 Å². The van der Waals surface area contributed by atoms with Crippen LogP contribution in [0.3, 0.4) is 0 Å². The van der Waals surface area contributed by atoms with Crippen LogP contribution in [-0.4, -0.2) is 40.9 Å². The van der Waals surface area contributed by atoms with Crippen molar-refractivity contribution in [3.05, 3.63) is 46.9 Å². The lowest BCUT2D eigenvalue weighted by atomic mass is 10.2. The highest BCUT2D eigenvalue weighted by molar-refractivity contribution is 5.93. The number of hydrogen-bond donors (Lipinski definition) is 1. The van der Waals surface area contributed by atoms with Gasteiger partial charge in [-0.2, -0.15) is 4.52 Å².